The van der Waals surface area contributed by atoms with Gasteiger partial charge in [-0.3, -0.25) is 4.79 Å². The zero-order chi connectivity index (χ0) is 26.2. The number of hydrazone groups is 1. The highest BCUT2D eigenvalue weighted by atomic mass is 79.9. The number of hydrogen-bond donors (Lipinski definition) is 4. The van der Waals surface area contributed by atoms with Gasteiger partial charge in [-0.25, -0.2) is 10.2 Å². The van der Waals surface area contributed by atoms with Crippen LogP contribution in [0.5, 0.6) is 11.5 Å². The number of benzene rings is 3. The van der Waals surface area contributed by atoms with Crippen molar-refractivity contribution in [3.05, 3.63) is 94.1 Å². The molecule has 37 heavy (non-hydrogen) atoms. The number of hydrogen-bond acceptors (Lipinski definition) is 6. The largest absolute Gasteiger partial charge is 0.504 e. The number of rotatable bonds is 9. The summed E-state index contributed by atoms with van der Waals surface area (Å²) in [5.41, 5.74) is 5.35. The number of carbonyl (C=O) groups excluding carboxylic acids is 2. The number of amides is 2. The van der Waals surface area contributed by atoms with E-state index >= 15 is 0 Å². The van der Waals surface area contributed by atoms with Gasteiger partial charge in [0.1, 0.15) is 12.6 Å². The maximum absolute atomic E-state index is 13.1. The van der Waals surface area contributed by atoms with E-state index in [0.29, 0.717) is 10.0 Å². The van der Waals surface area contributed by atoms with Gasteiger partial charge in [-0.05, 0) is 29.3 Å². The highest BCUT2D eigenvalue weighted by molar-refractivity contribution is 9.10. The Morgan fingerprint density at radius 2 is 1.89 bits per heavy atom. The Balaban J connectivity index is 1.48. The first-order chi connectivity index (χ1) is 17.9. The van der Waals surface area contributed by atoms with Gasteiger partial charge in [-0.2, -0.15) is 5.10 Å². The third-order valence-electron chi connectivity index (χ3n) is 5.59. The minimum Gasteiger partial charge on any atom is -0.504 e. The van der Waals surface area contributed by atoms with Crippen molar-refractivity contribution in [2.45, 2.75) is 19.1 Å². The first kappa shape index (κ1) is 25.8. The van der Waals surface area contributed by atoms with Crippen LogP contribution in [-0.4, -0.2) is 41.5 Å². The Bertz CT molecular complexity index is 1420. The van der Waals surface area contributed by atoms with E-state index in [4.69, 9.17) is 9.47 Å². The monoisotopic (exact) mass is 564 g/mol. The predicted octanol–water partition coefficient (Wildman–Crippen LogP) is 4.63. The first-order valence-corrected chi connectivity index (χ1v) is 12.2. The highest BCUT2D eigenvalue weighted by Crippen LogP contribution is 2.32. The molecule has 9 nitrogen and oxygen atoms in total. The fourth-order valence-electron chi connectivity index (χ4n) is 3.73. The van der Waals surface area contributed by atoms with Crippen LogP contribution in [-0.2, 0) is 22.6 Å². The molecule has 0 radical (unpaired) electrons. The number of aromatic nitrogens is 1. The Labute approximate surface area is 221 Å². The zero-order valence-electron chi connectivity index (χ0n) is 19.9. The quantitative estimate of drug-likeness (QED) is 0.174. The van der Waals surface area contributed by atoms with Crippen molar-refractivity contribution in [1.82, 2.24) is 15.7 Å². The summed E-state index contributed by atoms with van der Waals surface area (Å²) in [6.07, 6.45) is 2.55. The first-order valence-electron chi connectivity index (χ1n) is 11.4. The Kier molecular flexibility index (Phi) is 8.42. The molecule has 4 rings (SSSR count). The lowest BCUT2D eigenvalue weighted by Gasteiger charge is -2.17. The molecule has 0 aliphatic heterocycles. The van der Waals surface area contributed by atoms with Gasteiger partial charge in [0.05, 0.1) is 13.3 Å². The molecule has 1 aromatic heterocycles. The van der Waals surface area contributed by atoms with Crippen LogP contribution in [0.25, 0.3) is 10.9 Å². The summed E-state index contributed by atoms with van der Waals surface area (Å²) < 4.78 is 11.1. The minimum absolute atomic E-state index is 0.0657. The average molecular weight is 565 g/mol. The van der Waals surface area contributed by atoms with Crippen molar-refractivity contribution in [2.75, 3.05) is 7.11 Å². The number of alkyl carbamates (subject to hydrolysis) is 1. The van der Waals surface area contributed by atoms with Gasteiger partial charge in [0.25, 0.3) is 5.91 Å². The molecule has 0 aliphatic rings. The fraction of sp³-hybridized carbons (Fsp3) is 0.148. The maximum atomic E-state index is 13.1. The van der Waals surface area contributed by atoms with E-state index in [0.717, 1.165) is 22.0 Å². The van der Waals surface area contributed by atoms with E-state index in [1.165, 1.54) is 13.3 Å². The van der Waals surface area contributed by atoms with Crippen molar-refractivity contribution in [2.24, 2.45) is 5.10 Å². The molecule has 0 spiro atoms. The Morgan fingerprint density at radius 1 is 1.14 bits per heavy atom. The second-order valence-electron chi connectivity index (χ2n) is 8.10. The smallest absolute Gasteiger partial charge is 0.408 e. The number of ether oxygens (including phenoxy) is 2. The van der Waals surface area contributed by atoms with Crippen LogP contribution >= 0.6 is 15.9 Å². The number of carbonyl (C=O) groups is 2. The third-order valence-corrected chi connectivity index (χ3v) is 6.05. The molecule has 10 heteroatoms. The molecule has 4 N–H and O–H groups in total. The molecule has 0 saturated heterocycles. The van der Waals surface area contributed by atoms with E-state index in [2.05, 4.69) is 36.8 Å². The molecular weight excluding hydrogens is 540 g/mol. The number of nitrogens with one attached hydrogen (secondary N) is 3. The molecule has 0 aliphatic carbocycles. The van der Waals surface area contributed by atoms with Crippen LogP contribution in [0.3, 0.4) is 0 Å². The maximum Gasteiger partial charge on any atom is 0.408 e. The minimum atomic E-state index is -0.981. The van der Waals surface area contributed by atoms with E-state index in [9.17, 15) is 14.7 Å². The van der Waals surface area contributed by atoms with Crippen LogP contribution < -0.4 is 15.5 Å². The number of para-hydroxylation sites is 1. The lowest BCUT2D eigenvalue weighted by Crippen LogP contribution is -2.47. The molecule has 4 aromatic rings. The van der Waals surface area contributed by atoms with Crippen LogP contribution in [0.15, 0.2) is 82.5 Å². The van der Waals surface area contributed by atoms with Crippen LogP contribution in [0.4, 0.5) is 4.79 Å². The second kappa shape index (κ2) is 12.1. The summed E-state index contributed by atoms with van der Waals surface area (Å²) in [6, 6.07) is 19.2. The van der Waals surface area contributed by atoms with Crippen LogP contribution in [0, 0.1) is 0 Å². The summed E-state index contributed by atoms with van der Waals surface area (Å²) in [5, 5.41) is 17.9. The summed E-state index contributed by atoms with van der Waals surface area (Å²) >= 11 is 3.34. The SMILES string of the molecule is COc1cc(Br)cc(/C=N\NC(=O)[C@H](Cc2c[nH]c3ccccc23)NC(=O)OCc2ccccc2)c1O. The summed E-state index contributed by atoms with van der Waals surface area (Å²) in [5.74, 6) is -0.427. The van der Waals surface area contributed by atoms with Gasteiger partial charge >= 0.3 is 6.09 Å². The number of H-pyrrole nitrogens is 1. The van der Waals surface area contributed by atoms with Crippen molar-refractivity contribution in [1.29, 1.82) is 0 Å². The standard InChI is InChI=1S/C27H25BrN4O5/c1-36-24-13-20(28)11-19(25(24)33)15-30-32-26(34)23(12-18-14-29-22-10-6-5-9-21(18)22)31-27(35)37-16-17-7-3-2-4-8-17/h2-11,13-15,23,29,33H,12,16H2,1H3,(H,31,35)(H,32,34)/b30-15-/t23-/m0/s1. The van der Waals surface area contributed by atoms with E-state index in [1.54, 1.807) is 18.3 Å². The molecule has 2 amide bonds. The molecule has 0 fully saturated rings. The zero-order valence-corrected chi connectivity index (χ0v) is 21.5. The lowest BCUT2D eigenvalue weighted by molar-refractivity contribution is -0.123. The molecule has 3 aromatic carbocycles. The van der Waals surface area contributed by atoms with E-state index < -0.39 is 18.0 Å². The number of fused-ring (bicyclic) bond motifs is 1. The molecule has 190 valence electrons. The van der Waals surface area contributed by atoms with Crippen molar-refractivity contribution < 1.29 is 24.2 Å². The second-order valence-corrected chi connectivity index (χ2v) is 9.02. The van der Waals surface area contributed by atoms with Gasteiger partial charge in [0, 0.05) is 33.6 Å². The van der Waals surface area contributed by atoms with Crippen molar-refractivity contribution >= 4 is 45.0 Å². The van der Waals surface area contributed by atoms with E-state index in [-0.39, 0.29) is 24.5 Å². The number of methoxy groups -OCH3 is 1. The molecule has 0 unspecified atom stereocenters. The third kappa shape index (κ3) is 6.68. The number of aromatic amines is 1. The van der Waals surface area contributed by atoms with Gasteiger partial charge in [-0.1, -0.05) is 64.5 Å². The Morgan fingerprint density at radius 3 is 2.68 bits per heavy atom. The number of phenols is 1. The average Bonchev–Trinajstić information content (AvgIpc) is 3.32. The number of nitrogens with zero attached hydrogens (tertiary/aromatic N) is 1. The van der Waals surface area contributed by atoms with Gasteiger partial charge in [0.15, 0.2) is 11.5 Å². The van der Waals surface area contributed by atoms with Crippen molar-refractivity contribution in [3.63, 3.8) is 0 Å². The molecule has 1 atom stereocenters. The molecular formula is C27H25BrN4O5. The number of halogens is 1. The van der Waals surface area contributed by atoms with E-state index in [1.807, 2.05) is 54.6 Å². The number of aromatic hydroxyl groups is 1. The summed E-state index contributed by atoms with van der Waals surface area (Å²) in [7, 11) is 1.43. The Hall–Kier alpha value is -4.31. The molecule has 0 saturated carbocycles. The van der Waals surface area contributed by atoms with Gasteiger partial charge in [0.2, 0.25) is 0 Å². The van der Waals surface area contributed by atoms with Gasteiger partial charge in [-0.15, -0.1) is 0 Å². The molecule has 1 heterocycles. The van der Waals surface area contributed by atoms with Crippen molar-refractivity contribution in [3.8, 4) is 11.5 Å². The van der Waals surface area contributed by atoms with Crippen LogP contribution in [0.2, 0.25) is 0 Å². The summed E-state index contributed by atoms with van der Waals surface area (Å²) in [4.78, 5) is 28.8. The number of phenolic OH excluding ortho intramolecular Hbond substituents is 1. The normalized spacial score (nSPS) is 11.8. The topological polar surface area (TPSA) is 125 Å². The summed E-state index contributed by atoms with van der Waals surface area (Å²) in [6.45, 7) is 0.0657. The molecule has 0 bridgehead atoms. The fourth-order valence-corrected chi connectivity index (χ4v) is 4.18. The van der Waals surface area contributed by atoms with Crippen LogP contribution in [0.1, 0.15) is 16.7 Å². The lowest BCUT2D eigenvalue weighted by atomic mass is 10.0. The van der Waals surface area contributed by atoms with Gasteiger partial charge < -0.3 is 24.9 Å². The highest BCUT2D eigenvalue weighted by Gasteiger charge is 2.23. The predicted molar refractivity (Wildman–Crippen MR) is 144 cm³/mol.